The van der Waals surface area contributed by atoms with Crippen molar-refractivity contribution < 1.29 is 0 Å². The van der Waals surface area contributed by atoms with Crippen LogP contribution in [0.3, 0.4) is 0 Å². The second kappa shape index (κ2) is 11.5. The van der Waals surface area contributed by atoms with E-state index in [9.17, 15) is 0 Å². The summed E-state index contributed by atoms with van der Waals surface area (Å²) in [5.41, 5.74) is 14.3. The fraction of sp³-hybridized carbons (Fsp3) is 0. The van der Waals surface area contributed by atoms with Gasteiger partial charge in [-0.15, -0.1) is 0 Å². The minimum atomic E-state index is 0.664. The molecule has 5 heteroatoms. The molecule has 1 aliphatic rings. The Balaban J connectivity index is 1.05. The Morgan fingerprint density at radius 3 is 1.62 bits per heavy atom. The van der Waals surface area contributed by atoms with Crippen LogP contribution in [0.1, 0.15) is 0 Å². The highest BCUT2D eigenvalue weighted by Crippen LogP contribution is 2.50. The SMILES string of the molecule is c1ccc(N2c3ccccc3-c3nc(-n4c5ccccc5c5cc(-c6ccc7c(c6)c6ccccc6n7-c6ccccc6)ccc54)nc4cccc2c34)cc1. The van der Waals surface area contributed by atoms with E-state index >= 15 is 0 Å². The molecule has 0 bridgehead atoms. The molecule has 55 heavy (non-hydrogen) atoms. The monoisotopic (exact) mass is 701 g/mol. The van der Waals surface area contributed by atoms with Crippen molar-refractivity contribution in [1.82, 2.24) is 19.1 Å². The van der Waals surface area contributed by atoms with Crippen molar-refractivity contribution in [1.29, 1.82) is 0 Å². The van der Waals surface area contributed by atoms with E-state index in [0.717, 1.165) is 55.9 Å². The summed E-state index contributed by atoms with van der Waals surface area (Å²) < 4.78 is 4.60. The Labute approximate surface area is 316 Å². The van der Waals surface area contributed by atoms with Crippen LogP contribution in [-0.2, 0) is 0 Å². The summed E-state index contributed by atoms with van der Waals surface area (Å²) in [6.07, 6.45) is 0. The third kappa shape index (κ3) is 4.35. The molecule has 0 spiro atoms. The zero-order chi connectivity index (χ0) is 36.0. The van der Waals surface area contributed by atoms with Gasteiger partial charge in [-0.2, -0.15) is 0 Å². The number of benzene rings is 8. The summed E-state index contributed by atoms with van der Waals surface area (Å²) in [7, 11) is 0. The van der Waals surface area contributed by atoms with Crippen molar-refractivity contribution in [2.45, 2.75) is 0 Å². The average Bonchev–Trinajstić information content (AvgIpc) is 3.76. The molecular weight excluding hydrogens is 671 g/mol. The van der Waals surface area contributed by atoms with Crippen LogP contribution in [0.4, 0.5) is 17.1 Å². The van der Waals surface area contributed by atoms with E-state index in [1.807, 2.05) is 0 Å². The highest BCUT2D eigenvalue weighted by atomic mass is 15.2. The minimum absolute atomic E-state index is 0.664. The van der Waals surface area contributed by atoms with E-state index < -0.39 is 0 Å². The second-order valence-electron chi connectivity index (χ2n) is 14.2. The number of hydrogen-bond acceptors (Lipinski definition) is 3. The smallest absolute Gasteiger partial charge is 0.235 e. The first-order valence-electron chi connectivity index (χ1n) is 18.7. The van der Waals surface area contributed by atoms with E-state index in [4.69, 9.17) is 9.97 Å². The molecule has 0 N–H and O–H groups in total. The summed E-state index contributed by atoms with van der Waals surface area (Å²) in [5, 5.41) is 5.88. The number of aromatic nitrogens is 4. The molecular formula is C50H31N5. The molecule has 0 atom stereocenters. The largest absolute Gasteiger partial charge is 0.309 e. The molecule has 4 heterocycles. The average molecular weight is 702 g/mol. The minimum Gasteiger partial charge on any atom is -0.309 e. The van der Waals surface area contributed by atoms with Gasteiger partial charge in [-0.05, 0) is 90.0 Å². The molecule has 3 aromatic heterocycles. The Hall–Kier alpha value is -7.50. The molecule has 0 saturated heterocycles. The van der Waals surface area contributed by atoms with Crippen molar-refractivity contribution in [2.24, 2.45) is 0 Å². The predicted octanol–water partition coefficient (Wildman–Crippen LogP) is 12.9. The first kappa shape index (κ1) is 30.0. The second-order valence-corrected chi connectivity index (χ2v) is 14.2. The van der Waals surface area contributed by atoms with Crippen LogP contribution >= 0.6 is 0 Å². The number of hydrogen-bond donors (Lipinski definition) is 0. The zero-order valence-electron chi connectivity index (χ0n) is 29.6. The molecule has 0 unspecified atom stereocenters. The summed E-state index contributed by atoms with van der Waals surface area (Å²) >= 11 is 0. The maximum Gasteiger partial charge on any atom is 0.235 e. The fourth-order valence-electron chi connectivity index (χ4n) is 8.86. The van der Waals surface area contributed by atoms with Crippen molar-refractivity contribution in [3.05, 3.63) is 188 Å². The van der Waals surface area contributed by atoms with E-state index in [2.05, 4.69) is 202 Å². The van der Waals surface area contributed by atoms with Crippen molar-refractivity contribution in [3.8, 4) is 34.0 Å². The highest BCUT2D eigenvalue weighted by molar-refractivity contribution is 6.14. The molecule has 12 rings (SSSR count). The lowest BCUT2D eigenvalue weighted by molar-refractivity contribution is 1.01. The van der Waals surface area contributed by atoms with Gasteiger partial charge in [-0.1, -0.05) is 109 Å². The summed E-state index contributed by atoms with van der Waals surface area (Å²) in [4.78, 5) is 13.1. The molecule has 0 radical (unpaired) electrons. The normalized spacial score (nSPS) is 12.3. The molecule has 256 valence electrons. The summed E-state index contributed by atoms with van der Waals surface area (Å²) in [6.45, 7) is 0. The van der Waals surface area contributed by atoms with Gasteiger partial charge in [0.25, 0.3) is 0 Å². The van der Waals surface area contributed by atoms with Gasteiger partial charge in [0.2, 0.25) is 5.95 Å². The Morgan fingerprint density at radius 2 is 0.909 bits per heavy atom. The lowest BCUT2D eigenvalue weighted by Crippen LogP contribution is -2.16. The van der Waals surface area contributed by atoms with Crippen LogP contribution in [0.15, 0.2) is 188 Å². The first-order chi connectivity index (χ1) is 27.3. The van der Waals surface area contributed by atoms with Gasteiger partial charge in [0.1, 0.15) is 0 Å². The molecule has 0 amide bonds. The standard InChI is InChI=1S/C50H31N5/c1-3-14-34(15-4-1)53-42-22-10-7-18-36(42)39-30-32(26-28-45(39)53)33-27-29-46-40(31-33)37-19-8-11-23-43(37)55(46)50-51-41-21-13-25-47-48(41)49(52-50)38-20-9-12-24-44(38)54(47)35-16-5-2-6-17-35/h1-31H. The van der Waals surface area contributed by atoms with E-state index in [1.54, 1.807) is 0 Å². The van der Waals surface area contributed by atoms with Gasteiger partial charge in [0, 0.05) is 38.5 Å². The quantitative estimate of drug-likeness (QED) is 0.183. The molecule has 0 fully saturated rings. The lowest BCUT2D eigenvalue weighted by atomic mass is 9.96. The van der Waals surface area contributed by atoms with Gasteiger partial charge in [0.05, 0.1) is 50.0 Å². The van der Waals surface area contributed by atoms with E-state index in [0.29, 0.717) is 5.95 Å². The number of para-hydroxylation sites is 5. The summed E-state index contributed by atoms with van der Waals surface area (Å²) in [5.74, 6) is 0.664. The zero-order valence-corrected chi connectivity index (χ0v) is 29.6. The number of rotatable bonds is 4. The third-order valence-electron chi connectivity index (χ3n) is 11.2. The van der Waals surface area contributed by atoms with Crippen LogP contribution in [0, 0.1) is 0 Å². The number of fused-ring (bicyclic) bond motifs is 8. The predicted molar refractivity (Wildman–Crippen MR) is 227 cm³/mol. The maximum absolute atomic E-state index is 5.44. The van der Waals surface area contributed by atoms with Gasteiger partial charge in [0.15, 0.2) is 0 Å². The van der Waals surface area contributed by atoms with Crippen molar-refractivity contribution in [2.75, 3.05) is 4.90 Å². The lowest BCUT2D eigenvalue weighted by Gasteiger charge is -2.32. The molecule has 8 aromatic carbocycles. The fourth-order valence-corrected chi connectivity index (χ4v) is 8.86. The van der Waals surface area contributed by atoms with Gasteiger partial charge >= 0.3 is 0 Å². The number of anilines is 3. The van der Waals surface area contributed by atoms with Crippen LogP contribution in [-0.4, -0.2) is 19.1 Å². The van der Waals surface area contributed by atoms with Crippen LogP contribution in [0.2, 0.25) is 0 Å². The van der Waals surface area contributed by atoms with Gasteiger partial charge in [-0.3, -0.25) is 4.57 Å². The molecule has 1 aliphatic heterocycles. The molecule has 5 nitrogen and oxygen atoms in total. The molecule has 0 saturated carbocycles. The Morgan fingerprint density at radius 1 is 0.364 bits per heavy atom. The Kier molecular flexibility index (Phi) is 6.27. The topological polar surface area (TPSA) is 38.9 Å². The van der Waals surface area contributed by atoms with Crippen molar-refractivity contribution in [3.63, 3.8) is 0 Å². The summed E-state index contributed by atoms with van der Waals surface area (Å²) in [6, 6.07) is 67.1. The van der Waals surface area contributed by atoms with Crippen molar-refractivity contribution >= 4 is 71.6 Å². The van der Waals surface area contributed by atoms with Crippen LogP contribution in [0.5, 0.6) is 0 Å². The third-order valence-corrected chi connectivity index (χ3v) is 11.2. The number of nitrogens with zero attached hydrogens (tertiary/aromatic N) is 5. The van der Waals surface area contributed by atoms with Gasteiger partial charge < -0.3 is 9.47 Å². The van der Waals surface area contributed by atoms with Crippen LogP contribution in [0.25, 0.3) is 88.5 Å². The molecule has 11 aromatic rings. The maximum atomic E-state index is 5.44. The van der Waals surface area contributed by atoms with Crippen LogP contribution < -0.4 is 4.90 Å². The molecule has 0 aliphatic carbocycles. The van der Waals surface area contributed by atoms with E-state index in [-0.39, 0.29) is 0 Å². The van der Waals surface area contributed by atoms with E-state index in [1.165, 1.54) is 43.7 Å². The Bertz CT molecular complexity index is 3320. The highest BCUT2D eigenvalue weighted by Gasteiger charge is 2.28. The van der Waals surface area contributed by atoms with Gasteiger partial charge in [-0.25, -0.2) is 9.97 Å². The first-order valence-corrected chi connectivity index (χ1v) is 18.7.